The Hall–Kier alpha value is -3.31. The highest BCUT2D eigenvalue weighted by atomic mass is 32.2. The predicted octanol–water partition coefficient (Wildman–Crippen LogP) is 1.07. The van der Waals surface area contributed by atoms with Crippen molar-refractivity contribution in [2.75, 3.05) is 40.2 Å². The molecule has 0 aliphatic carbocycles. The summed E-state index contributed by atoms with van der Waals surface area (Å²) in [4.78, 5) is 23.8. The molecule has 0 saturated heterocycles. The first-order valence-corrected chi connectivity index (χ1v) is 10.0. The number of ether oxygens (including phenoxy) is 3. The molecular formula is C19H23N3O7S. The van der Waals surface area contributed by atoms with Crippen LogP contribution in [0, 0.1) is 0 Å². The molecule has 0 atom stereocenters. The number of nitrogens with zero attached hydrogens (tertiary/aromatic N) is 1. The molecule has 0 radical (unpaired) electrons. The average Bonchev–Trinajstić information content (AvgIpc) is 2.71. The van der Waals surface area contributed by atoms with Gasteiger partial charge in [0.1, 0.15) is 22.1 Å². The van der Waals surface area contributed by atoms with E-state index in [1.807, 2.05) is 0 Å². The number of primary amides is 1. The molecule has 3 N–H and O–H groups in total. The van der Waals surface area contributed by atoms with Crippen LogP contribution in [0.5, 0.6) is 17.2 Å². The van der Waals surface area contributed by atoms with Crippen molar-refractivity contribution in [2.45, 2.75) is 4.90 Å². The Bertz CT molecular complexity index is 1050. The van der Waals surface area contributed by atoms with E-state index in [9.17, 15) is 18.0 Å². The Balaban J connectivity index is 2.17. The molecule has 11 heteroatoms. The van der Waals surface area contributed by atoms with Gasteiger partial charge in [-0.15, -0.1) is 0 Å². The lowest BCUT2D eigenvalue weighted by Gasteiger charge is -2.16. The Morgan fingerprint density at radius 3 is 2.27 bits per heavy atom. The maximum absolute atomic E-state index is 12.5. The van der Waals surface area contributed by atoms with E-state index in [-0.39, 0.29) is 27.6 Å². The number of methoxy groups -OCH3 is 2. The molecule has 0 bridgehead atoms. The van der Waals surface area contributed by atoms with Crippen LogP contribution in [0.4, 0.5) is 5.69 Å². The quantitative estimate of drug-likeness (QED) is 0.598. The molecule has 0 fully saturated rings. The number of carbonyl (C=O) groups is 2. The molecule has 2 aromatic rings. The van der Waals surface area contributed by atoms with Gasteiger partial charge in [0, 0.05) is 19.8 Å². The number of nitrogens with one attached hydrogen (secondary N) is 1. The monoisotopic (exact) mass is 437 g/mol. The first kappa shape index (κ1) is 23.0. The van der Waals surface area contributed by atoms with E-state index in [0.29, 0.717) is 5.75 Å². The second-order valence-electron chi connectivity index (χ2n) is 6.22. The summed E-state index contributed by atoms with van der Waals surface area (Å²) < 4.78 is 41.5. The molecule has 2 aromatic carbocycles. The van der Waals surface area contributed by atoms with Gasteiger partial charge in [0.15, 0.2) is 6.61 Å². The minimum atomic E-state index is -3.79. The molecule has 0 aliphatic rings. The van der Waals surface area contributed by atoms with Crippen molar-refractivity contribution in [3.63, 3.8) is 0 Å². The smallest absolute Gasteiger partial charge is 0.262 e. The number of anilines is 1. The van der Waals surface area contributed by atoms with Crippen molar-refractivity contribution in [2.24, 2.45) is 5.73 Å². The number of sulfonamides is 1. The number of hydrogen-bond donors (Lipinski definition) is 2. The number of amides is 2. The summed E-state index contributed by atoms with van der Waals surface area (Å²) in [5.41, 5.74) is 5.62. The van der Waals surface area contributed by atoms with Gasteiger partial charge in [-0.1, -0.05) is 0 Å². The summed E-state index contributed by atoms with van der Waals surface area (Å²) in [6.07, 6.45) is 0. The third kappa shape index (κ3) is 5.19. The van der Waals surface area contributed by atoms with E-state index < -0.39 is 28.4 Å². The van der Waals surface area contributed by atoms with Gasteiger partial charge >= 0.3 is 0 Å². The van der Waals surface area contributed by atoms with E-state index in [1.165, 1.54) is 58.6 Å². The first-order valence-electron chi connectivity index (χ1n) is 8.61. The Morgan fingerprint density at radius 1 is 1.03 bits per heavy atom. The van der Waals surface area contributed by atoms with Crippen LogP contribution < -0.4 is 25.3 Å². The van der Waals surface area contributed by atoms with Crippen LogP contribution in [0.2, 0.25) is 0 Å². The van der Waals surface area contributed by atoms with Gasteiger partial charge in [-0.25, -0.2) is 12.7 Å². The maximum atomic E-state index is 12.5. The van der Waals surface area contributed by atoms with Gasteiger partial charge in [-0.2, -0.15) is 0 Å². The Kier molecular flexibility index (Phi) is 7.24. The lowest BCUT2D eigenvalue weighted by Crippen LogP contribution is -2.24. The van der Waals surface area contributed by atoms with E-state index in [2.05, 4.69) is 5.32 Å². The van der Waals surface area contributed by atoms with Gasteiger partial charge in [-0.05, 0) is 36.4 Å². The molecule has 0 heterocycles. The summed E-state index contributed by atoms with van der Waals surface area (Å²) in [5.74, 6) is -0.641. The van der Waals surface area contributed by atoms with Crippen LogP contribution in [0.15, 0.2) is 41.3 Å². The van der Waals surface area contributed by atoms with E-state index in [0.717, 1.165) is 4.31 Å². The molecule has 2 amide bonds. The number of rotatable bonds is 9. The third-order valence-electron chi connectivity index (χ3n) is 4.02. The molecule has 2 rings (SSSR count). The van der Waals surface area contributed by atoms with Gasteiger partial charge in [0.25, 0.3) is 11.8 Å². The van der Waals surface area contributed by atoms with Crippen molar-refractivity contribution in [3.8, 4) is 17.2 Å². The summed E-state index contributed by atoms with van der Waals surface area (Å²) in [7, 11) is 1.77. The fourth-order valence-electron chi connectivity index (χ4n) is 2.45. The van der Waals surface area contributed by atoms with Crippen molar-refractivity contribution >= 4 is 27.5 Å². The molecule has 0 spiro atoms. The zero-order valence-corrected chi connectivity index (χ0v) is 17.8. The molecule has 0 aliphatic heterocycles. The fourth-order valence-corrected chi connectivity index (χ4v) is 3.52. The summed E-state index contributed by atoms with van der Waals surface area (Å²) in [6.45, 7) is -0.436. The number of carbonyl (C=O) groups excluding carboxylic acids is 2. The van der Waals surface area contributed by atoms with Gasteiger partial charge in [-0.3, -0.25) is 9.59 Å². The third-order valence-corrected chi connectivity index (χ3v) is 5.85. The molecule has 0 saturated carbocycles. The first-order chi connectivity index (χ1) is 14.1. The summed E-state index contributed by atoms with van der Waals surface area (Å²) in [5, 5.41) is 2.54. The number of hydrogen-bond acceptors (Lipinski definition) is 7. The lowest BCUT2D eigenvalue weighted by atomic mass is 10.2. The van der Waals surface area contributed by atoms with Crippen LogP contribution in [-0.4, -0.2) is 59.5 Å². The van der Waals surface area contributed by atoms with Crippen LogP contribution >= 0.6 is 0 Å². The Morgan fingerprint density at radius 2 is 1.70 bits per heavy atom. The van der Waals surface area contributed by atoms with E-state index in [4.69, 9.17) is 19.9 Å². The lowest BCUT2D eigenvalue weighted by molar-refractivity contribution is -0.118. The van der Waals surface area contributed by atoms with Crippen molar-refractivity contribution < 1.29 is 32.2 Å². The maximum Gasteiger partial charge on any atom is 0.262 e. The van der Waals surface area contributed by atoms with E-state index in [1.54, 1.807) is 6.07 Å². The van der Waals surface area contributed by atoms with Gasteiger partial charge in [0.2, 0.25) is 10.0 Å². The van der Waals surface area contributed by atoms with Crippen molar-refractivity contribution in [3.05, 3.63) is 42.0 Å². The molecule has 0 aromatic heterocycles. The fraction of sp³-hybridized carbons (Fsp3) is 0.263. The number of nitrogens with two attached hydrogens (primary N) is 1. The predicted molar refractivity (Wildman–Crippen MR) is 110 cm³/mol. The molecule has 10 nitrogen and oxygen atoms in total. The van der Waals surface area contributed by atoms with E-state index >= 15 is 0 Å². The van der Waals surface area contributed by atoms with Gasteiger partial charge < -0.3 is 25.3 Å². The topological polar surface area (TPSA) is 137 Å². The normalized spacial score (nSPS) is 11.1. The van der Waals surface area contributed by atoms with Gasteiger partial charge in [0.05, 0.1) is 19.8 Å². The van der Waals surface area contributed by atoms with Crippen molar-refractivity contribution in [1.29, 1.82) is 0 Å². The average molecular weight is 437 g/mol. The molecular weight excluding hydrogens is 414 g/mol. The Labute approximate surface area is 174 Å². The highest BCUT2D eigenvalue weighted by Crippen LogP contribution is 2.29. The summed E-state index contributed by atoms with van der Waals surface area (Å²) >= 11 is 0. The van der Waals surface area contributed by atoms with Crippen molar-refractivity contribution in [1.82, 2.24) is 4.31 Å². The zero-order chi connectivity index (χ0) is 22.5. The summed E-state index contributed by atoms with van der Waals surface area (Å²) in [6, 6.07) is 8.63. The van der Waals surface area contributed by atoms with Crippen LogP contribution in [-0.2, 0) is 14.8 Å². The van der Waals surface area contributed by atoms with Crippen LogP contribution in [0.25, 0.3) is 0 Å². The molecule has 0 unspecified atom stereocenters. The highest BCUT2D eigenvalue weighted by molar-refractivity contribution is 7.89. The molecule has 30 heavy (non-hydrogen) atoms. The minimum absolute atomic E-state index is 0.0611. The second-order valence-corrected chi connectivity index (χ2v) is 8.34. The highest BCUT2D eigenvalue weighted by Gasteiger charge is 2.23. The SMILES string of the molecule is COc1ccc(OCC(=O)Nc2ccc(OC)c(S(=O)(=O)N(C)C)c2)c(C(N)=O)c1. The molecule has 162 valence electrons. The second kappa shape index (κ2) is 9.46. The van der Waals surface area contributed by atoms with Crippen LogP contribution in [0.1, 0.15) is 10.4 Å². The number of benzene rings is 2. The largest absolute Gasteiger partial charge is 0.497 e. The zero-order valence-electron chi connectivity index (χ0n) is 17.0. The standard InChI is InChI=1S/C19H23N3O7S/c1-22(2)30(25,26)17-9-12(5-7-16(17)28-4)21-18(23)11-29-15-8-6-13(27-3)10-14(15)19(20)24/h5-10H,11H2,1-4H3,(H2,20,24)(H,21,23). The minimum Gasteiger partial charge on any atom is -0.497 e. The van der Waals surface area contributed by atoms with Crippen LogP contribution in [0.3, 0.4) is 0 Å².